The van der Waals surface area contributed by atoms with Gasteiger partial charge in [0.25, 0.3) is 5.22 Å². The van der Waals surface area contributed by atoms with E-state index in [1.165, 1.54) is 42.2 Å². The molecule has 6 heteroatoms. The van der Waals surface area contributed by atoms with E-state index in [1.807, 2.05) is 25.1 Å². The molecule has 1 aliphatic rings. The van der Waals surface area contributed by atoms with E-state index < -0.39 is 0 Å². The van der Waals surface area contributed by atoms with Crippen molar-refractivity contribution in [3.05, 3.63) is 29.3 Å². The van der Waals surface area contributed by atoms with Gasteiger partial charge >= 0.3 is 0 Å². The normalized spacial score (nSPS) is 21.4. The summed E-state index contributed by atoms with van der Waals surface area (Å²) in [6.07, 6.45) is 4.72. The molecule has 0 bridgehead atoms. The van der Waals surface area contributed by atoms with Crippen LogP contribution in [0.15, 0.2) is 27.8 Å². The van der Waals surface area contributed by atoms with Gasteiger partial charge in [0.2, 0.25) is 11.8 Å². The van der Waals surface area contributed by atoms with Crippen molar-refractivity contribution in [2.75, 3.05) is 0 Å². The lowest BCUT2D eigenvalue weighted by Gasteiger charge is -2.30. The lowest BCUT2D eigenvalue weighted by Crippen LogP contribution is -2.44. The zero-order valence-corrected chi connectivity index (χ0v) is 16.7. The lowest BCUT2D eigenvalue weighted by atomic mass is 9.86. The fourth-order valence-corrected chi connectivity index (χ4v) is 3.98. The third-order valence-electron chi connectivity index (χ3n) is 5.25. The predicted octanol–water partition coefficient (Wildman–Crippen LogP) is 4.53. The molecule has 1 saturated carbocycles. The van der Waals surface area contributed by atoms with Crippen molar-refractivity contribution in [3.8, 4) is 11.5 Å². The van der Waals surface area contributed by atoms with Crippen molar-refractivity contribution >= 4 is 17.7 Å². The minimum absolute atomic E-state index is 0.0414. The van der Waals surface area contributed by atoms with Crippen LogP contribution in [0.25, 0.3) is 11.5 Å². The maximum Gasteiger partial charge on any atom is 0.277 e. The van der Waals surface area contributed by atoms with E-state index in [2.05, 4.69) is 36.3 Å². The van der Waals surface area contributed by atoms with Crippen molar-refractivity contribution in [3.63, 3.8) is 0 Å². The van der Waals surface area contributed by atoms with Gasteiger partial charge in [-0.2, -0.15) is 0 Å². The standard InChI is InChI=1S/C20H27N3O2S/c1-12-9-10-16(11-14(12)3)19-22-23-20(25-19)26-15(4)18(24)21-17-8-6-5-7-13(17)2/h9-11,13,15,17H,5-8H2,1-4H3,(H,21,24)/t13-,15+,17-/m0/s1. The Hall–Kier alpha value is -1.82. The van der Waals surface area contributed by atoms with E-state index in [9.17, 15) is 4.79 Å². The fourth-order valence-electron chi connectivity index (χ4n) is 3.28. The third kappa shape index (κ3) is 4.47. The first-order chi connectivity index (χ1) is 12.4. The van der Waals surface area contributed by atoms with Crippen LogP contribution in [0, 0.1) is 19.8 Å². The smallest absolute Gasteiger partial charge is 0.277 e. The Morgan fingerprint density at radius 1 is 1.23 bits per heavy atom. The summed E-state index contributed by atoms with van der Waals surface area (Å²) in [6.45, 7) is 8.23. The highest BCUT2D eigenvalue weighted by molar-refractivity contribution is 8.00. The number of aryl methyl sites for hydroxylation is 2. The summed E-state index contributed by atoms with van der Waals surface area (Å²) >= 11 is 1.31. The summed E-state index contributed by atoms with van der Waals surface area (Å²) < 4.78 is 5.76. The molecule has 1 aromatic heterocycles. The number of nitrogens with zero attached hydrogens (tertiary/aromatic N) is 2. The first-order valence-corrected chi connectivity index (χ1v) is 10.2. The summed E-state index contributed by atoms with van der Waals surface area (Å²) in [5, 5.41) is 11.6. The van der Waals surface area contributed by atoms with Gasteiger partial charge in [0.05, 0.1) is 5.25 Å². The lowest BCUT2D eigenvalue weighted by molar-refractivity contribution is -0.121. The van der Waals surface area contributed by atoms with Crippen LogP contribution >= 0.6 is 11.8 Å². The quantitative estimate of drug-likeness (QED) is 0.780. The number of nitrogens with one attached hydrogen (secondary N) is 1. The number of carbonyl (C=O) groups is 1. The molecular weight excluding hydrogens is 346 g/mol. The van der Waals surface area contributed by atoms with Gasteiger partial charge in [-0.05, 0) is 62.8 Å². The minimum atomic E-state index is -0.266. The van der Waals surface area contributed by atoms with Crippen molar-refractivity contribution in [1.29, 1.82) is 0 Å². The molecule has 0 radical (unpaired) electrons. The van der Waals surface area contributed by atoms with Gasteiger partial charge in [-0.25, -0.2) is 0 Å². The highest BCUT2D eigenvalue weighted by Gasteiger charge is 2.26. The van der Waals surface area contributed by atoms with Gasteiger partial charge in [-0.1, -0.05) is 37.6 Å². The highest BCUT2D eigenvalue weighted by Crippen LogP contribution is 2.28. The van der Waals surface area contributed by atoms with E-state index >= 15 is 0 Å². The van der Waals surface area contributed by atoms with Gasteiger partial charge < -0.3 is 9.73 Å². The second kappa shape index (κ2) is 8.25. The number of carbonyl (C=O) groups excluding carboxylic acids is 1. The van der Waals surface area contributed by atoms with E-state index in [0.717, 1.165) is 12.0 Å². The molecule has 140 valence electrons. The average molecular weight is 374 g/mol. The number of amides is 1. The number of thioether (sulfide) groups is 1. The number of aromatic nitrogens is 2. The number of hydrogen-bond acceptors (Lipinski definition) is 5. The van der Waals surface area contributed by atoms with Crippen LogP contribution in [0.5, 0.6) is 0 Å². The maximum absolute atomic E-state index is 12.5. The molecule has 26 heavy (non-hydrogen) atoms. The topological polar surface area (TPSA) is 68.0 Å². The van der Waals surface area contributed by atoms with Crippen LogP contribution in [0.4, 0.5) is 0 Å². The maximum atomic E-state index is 12.5. The Morgan fingerprint density at radius 2 is 2.00 bits per heavy atom. The molecule has 1 heterocycles. The molecule has 3 rings (SSSR count). The zero-order valence-electron chi connectivity index (χ0n) is 15.9. The molecule has 1 aromatic carbocycles. The predicted molar refractivity (Wildman–Crippen MR) is 104 cm³/mol. The molecule has 0 saturated heterocycles. The molecule has 2 aromatic rings. The van der Waals surface area contributed by atoms with Gasteiger partial charge in [0.15, 0.2) is 0 Å². The van der Waals surface area contributed by atoms with Crippen LogP contribution in [0.2, 0.25) is 0 Å². The molecule has 0 aliphatic heterocycles. The average Bonchev–Trinajstić information content (AvgIpc) is 3.07. The van der Waals surface area contributed by atoms with Gasteiger partial charge in [-0.3, -0.25) is 4.79 Å². The number of rotatable bonds is 5. The van der Waals surface area contributed by atoms with Crippen molar-refractivity contribution in [2.24, 2.45) is 5.92 Å². The van der Waals surface area contributed by atoms with E-state index in [-0.39, 0.29) is 17.2 Å². The third-order valence-corrected chi connectivity index (χ3v) is 6.18. The SMILES string of the molecule is Cc1ccc(-c2nnc(S[C@H](C)C(=O)N[C@H]3CCCC[C@@H]3C)o2)cc1C. The highest BCUT2D eigenvalue weighted by atomic mass is 32.2. The summed E-state index contributed by atoms with van der Waals surface area (Å²) in [4.78, 5) is 12.5. The van der Waals surface area contributed by atoms with Crippen LogP contribution in [0.3, 0.4) is 0 Å². The number of benzene rings is 1. The van der Waals surface area contributed by atoms with E-state index in [0.29, 0.717) is 17.0 Å². The van der Waals surface area contributed by atoms with Crippen molar-refractivity contribution in [2.45, 2.75) is 69.9 Å². The fraction of sp³-hybridized carbons (Fsp3) is 0.550. The Kier molecular flexibility index (Phi) is 6.01. The van der Waals surface area contributed by atoms with E-state index in [1.54, 1.807) is 0 Å². The Balaban J connectivity index is 1.60. The molecule has 1 aliphatic carbocycles. The first-order valence-electron chi connectivity index (χ1n) is 9.32. The summed E-state index contributed by atoms with van der Waals surface area (Å²) in [6, 6.07) is 6.35. The zero-order chi connectivity index (χ0) is 18.7. The molecule has 1 amide bonds. The van der Waals surface area contributed by atoms with Crippen molar-refractivity contribution in [1.82, 2.24) is 15.5 Å². The first kappa shape index (κ1) is 19.0. The minimum Gasteiger partial charge on any atom is -0.411 e. The molecule has 1 fully saturated rings. The van der Waals surface area contributed by atoms with Crippen LogP contribution < -0.4 is 5.32 Å². The molecule has 3 atom stereocenters. The largest absolute Gasteiger partial charge is 0.411 e. The van der Waals surface area contributed by atoms with Gasteiger partial charge in [0.1, 0.15) is 0 Å². The van der Waals surface area contributed by atoms with Gasteiger partial charge in [-0.15, -0.1) is 10.2 Å². The Bertz CT molecular complexity index is 774. The van der Waals surface area contributed by atoms with Crippen LogP contribution in [-0.4, -0.2) is 27.4 Å². The van der Waals surface area contributed by atoms with Gasteiger partial charge in [0, 0.05) is 11.6 Å². The van der Waals surface area contributed by atoms with Crippen LogP contribution in [-0.2, 0) is 4.79 Å². The van der Waals surface area contributed by atoms with Crippen LogP contribution in [0.1, 0.15) is 50.7 Å². The number of hydrogen-bond donors (Lipinski definition) is 1. The monoisotopic (exact) mass is 373 g/mol. The summed E-state index contributed by atoms with van der Waals surface area (Å²) in [5.41, 5.74) is 3.31. The molecule has 0 unspecified atom stereocenters. The second-order valence-corrected chi connectivity index (χ2v) is 8.60. The van der Waals surface area contributed by atoms with E-state index in [4.69, 9.17) is 4.42 Å². The molecular formula is C20H27N3O2S. The molecule has 0 spiro atoms. The molecule has 1 N–H and O–H groups in total. The molecule has 5 nitrogen and oxygen atoms in total. The summed E-state index contributed by atoms with van der Waals surface area (Å²) in [5.74, 6) is 1.08. The van der Waals surface area contributed by atoms with Crippen molar-refractivity contribution < 1.29 is 9.21 Å². The summed E-state index contributed by atoms with van der Waals surface area (Å²) in [7, 11) is 0. The Morgan fingerprint density at radius 3 is 2.73 bits per heavy atom. The Labute approximate surface area is 159 Å². The second-order valence-electron chi connectivity index (χ2n) is 7.31.